The molecule has 0 aliphatic heterocycles. The van der Waals surface area contributed by atoms with E-state index in [2.05, 4.69) is 15.6 Å². The zero-order chi connectivity index (χ0) is 13.8. The van der Waals surface area contributed by atoms with Crippen molar-refractivity contribution >= 4 is 11.6 Å². The zero-order valence-corrected chi connectivity index (χ0v) is 11.1. The Bertz CT molecular complexity index is 411. The second-order valence-electron chi connectivity index (χ2n) is 4.50. The summed E-state index contributed by atoms with van der Waals surface area (Å²) in [5.74, 6) is -1.37. The molecular weight excluding hydrogens is 240 g/mol. The Kier molecular flexibility index (Phi) is 4.84. The van der Waals surface area contributed by atoms with Crippen molar-refractivity contribution < 1.29 is 13.5 Å². The number of rotatable bonds is 6. The number of halogens is 2. The largest absolute Gasteiger partial charge is 0.377 e. The summed E-state index contributed by atoms with van der Waals surface area (Å²) in [5, 5.41) is 5.54. The smallest absolute Gasteiger partial charge is 0.168 e. The van der Waals surface area contributed by atoms with E-state index < -0.39 is 17.2 Å². The van der Waals surface area contributed by atoms with Gasteiger partial charge in [0.15, 0.2) is 23.3 Å². The van der Waals surface area contributed by atoms with Crippen LogP contribution in [-0.2, 0) is 4.74 Å². The van der Waals surface area contributed by atoms with Gasteiger partial charge >= 0.3 is 0 Å². The summed E-state index contributed by atoms with van der Waals surface area (Å²) in [5.41, 5.74) is -0.457. The lowest BCUT2D eigenvalue weighted by atomic mass is 10.1. The molecule has 0 aromatic carbocycles. The summed E-state index contributed by atoms with van der Waals surface area (Å²) in [6.07, 6.45) is 0. The predicted molar refractivity (Wildman–Crippen MR) is 67.9 cm³/mol. The third-order valence-electron chi connectivity index (χ3n) is 2.51. The van der Waals surface area contributed by atoms with Gasteiger partial charge in [0.1, 0.15) is 0 Å². The van der Waals surface area contributed by atoms with Crippen molar-refractivity contribution in [3.63, 3.8) is 0 Å². The molecule has 0 fully saturated rings. The average molecular weight is 259 g/mol. The minimum atomic E-state index is -0.721. The molecule has 0 saturated carbocycles. The number of aromatic nitrogens is 1. The van der Waals surface area contributed by atoms with Gasteiger partial charge in [0, 0.05) is 26.3 Å². The molecule has 1 rings (SSSR count). The lowest BCUT2D eigenvalue weighted by Gasteiger charge is -2.23. The molecule has 0 radical (unpaired) electrons. The highest BCUT2D eigenvalue weighted by Crippen LogP contribution is 2.20. The van der Waals surface area contributed by atoms with E-state index >= 15 is 0 Å². The van der Waals surface area contributed by atoms with Crippen LogP contribution in [0.5, 0.6) is 0 Å². The molecule has 0 bridgehead atoms. The van der Waals surface area contributed by atoms with Gasteiger partial charge < -0.3 is 15.4 Å². The van der Waals surface area contributed by atoms with Crippen LogP contribution in [0.15, 0.2) is 6.07 Å². The van der Waals surface area contributed by atoms with E-state index in [9.17, 15) is 8.78 Å². The van der Waals surface area contributed by atoms with E-state index in [1.54, 1.807) is 7.11 Å². The Morgan fingerprint density at radius 1 is 1.22 bits per heavy atom. The first-order valence-corrected chi connectivity index (χ1v) is 5.78. The molecule has 0 aliphatic carbocycles. The highest BCUT2D eigenvalue weighted by Gasteiger charge is 2.18. The highest BCUT2D eigenvalue weighted by molar-refractivity contribution is 5.47. The van der Waals surface area contributed by atoms with E-state index in [0.717, 1.165) is 6.07 Å². The molecule has 4 nitrogen and oxygen atoms in total. The van der Waals surface area contributed by atoms with Crippen LogP contribution in [0.4, 0.5) is 20.4 Å². The van der Waals surface area contributed by atoms with Crippen LogP contribution in [0.3, 0.4) is 0 Å². The molecule has 0 saturated heterocycles. The first kappa shape index (κ1) is 14.6. The standard InChI is InChI=1S/C12H19F2N3O/c1-5-15-10-8(13)6-9(14)11(17-10)16-7-12(2,3)18-4/h6H,5,7H2,1-4H3,(H2,15,16,17). The van der Waals surface area contributed by atoms with E-state index in [1.165, 1.54) is 0 Å². The van der Waals surface area contributed by atoms with Crippen LogP contribution in [0.2, 0.25) is 0 Å². The molecule has 102 valence electrons. The molecule has 2 N–H and O–H groups in total. The fraction of sp³-hybridized carbons (Fsp3) is 0.583. The summed E-state index contributed by atoms with van der Waals surface area (Å²) in [7, 11) is 1.57. The van der Waals surface area contributed by atoms with Crippen LogP contribution in [0.25, 0.3) is 0 Å². The van der Waals surface area contributed by atoms with Crippen molar-refractivity contribution in [3.8, 4) is 0 Å². The van der Waals surface area contributed by atoms with Gasteiger partial charge in [-0.05, 0) is 20.8 Å². The summed E-state index contributed by atoms with van der Waals surface area (Å²) in [6, 6.07) is 0.813. The molecule has 0 atom stereocenters. The average Bonchev–Trinajstić information content (AvgIpc) is 2.31. The molecule has 1 heterocycles. The molecule has 0 spiro atoms. The maximum absolute atomic E-state index is 13.5. The molecule has 6 heteroatoms. The first-order valence-electron chi connectivity index (χ1n) is 5.78. The molecule has 0 unspecified atom stereocenters. The number of nitrogens with zero attached hydrogens (tertiary/aromatic N) is 1. The second kappa shape index (κ2) is 5.95. The van der Waals surface area contributed by atoms with Gasteiger partial charge in [0.2, 0.25) is 0 Å². The topological polar surface area (TPSA) is 46.2 Å². The predicted octanol–water partition coefficient (Wildman–Crippen LogP) is 2.63. The van der Waals surface area contributed by atoms with Crippen molar-refractivity contribution in [2.75, 3.05) is 30.8 Å². The Hall–Kier alpha value is -1.43. The fourth-order valence-corrected chi connectivity index (χ4v) is 1.25. The Labute approximate surface area is 106 Å². The van der Waals surface area contributed by atoms with E-state index in [4.69, 9.17) is 4.74 Å². The highest BCUT2D eigenvalue weighted by atomic mass is 19.1. The first-order chi connectivity index (χ1) is 8.39. The monoisotopic (exact) mass is 259 g/mol. The van der Waals surface area contributed by atoms with Crippen LogP contribution in [-0.4, -0.2) is 30.8 Å². The molecule has 18 heavy (non-hydrogen) atoms. The van der Waals surface area contributed by atoms with Gasteiger partial charge in [-0.3, -0.25) is 0 Å². The number of anilines is 2. The van der Waals surface area contributed by atoms with Crippen LogP contribution in [0.1, 0.15) is 20.8 Å². The van der Waals surface area contributed by atoms with Gasteiger partial charge in [-0.25, -0.2) is 13.8 Å². The normalized spacial score (nSPS) is 11.4. The van der Waals surface area contributed by atoms with Crippen molar-refractivity contribution in [2.24, 2.45) is 0 Å². The SMILES string of the molecule is CCNc1nc(NCC(C)(C)OC)c(F)cc1F. The van der Waals surface area contributed by atoms with E-state index in [1.807, 2.05) is 20.8 Å². The lowest BCUT2D eigenvalue weighted by molar-refractivity contribution is 0.0342. The Morgan fingerprint density at radius 3 is 2.28 bits per heavy atom. The number of nitrogens with one attached hydrogen (secondary N) is 2. The van der Waals surface area contributed by atoms with Crippen LogP contribution >= 0.6 is 0 Å². The van der Waals surface area contributed by atoms with Gasteiger partial charge in [-0.2, -0.15) is 0 Å². The Balaban J connectivity index is 2.85. The summed E-state index contributed by atoms with van der Waals surface area (Å²) in [6.45, 7) is 6.40. The van der Waals surface area contributed by atoms with Crippen molar-refractivity contribution in [2.45, 2.75) is 26.4 Å². The third-order valence-corrected chi connectivity index (χ3v) is 2.51. The molecule has 0 aliphatic rings. The number of hydrogen-bond donors (Lipinski definition) is 2. The maximum atomic E-state index is 13.5. The van der Waals surface area contributed by atoms with Gasteiger partial charge in [0.05, 0.1) is 5.60 Å². The number of methoxy groups -OCH3 is 1. The quantitative estimate of drug-likeness (QED) is 0.824. The zero-order valence-electron chi connectivity index (χ0n) is 11.1. The minimum absolute atomic E-state index is 0.0116. The van der Waals surface area contributed by atoms with Crippen LogP contribution in [0, 0.1) is 11.6 Å². The number of hydrogen-bond acceptors (Lipinski definition) is 4. The maximum Gasteiger partial charge on any atom is 0.168 e. The third kappa shape index (κ3) is 3.80. The van der Waals surface area contributed by atoms with E-state index in [-0.39, 0.29) is 11.6 Å². The Morgan fingerprint density at radius 2 is 1.78 bits per heavy atom. The van der Waals surface area contributed by atoms with Gasteiger partial charge in [0.25, 0.3) is 0 Å². The molecular formula is C12H19F2N3O. The van der Waals surface area contributed by atoms with Crippen molar-refractivity contribution in [1.29, 1.82) is 0 Å². The summed E-state index contributed by atoms with van der Waals surface area (Å²) in [4.78, 5) is 3.87. The second-order valence-corrected chi connectivity index (χ2v) is 4.50. The summed E-state index contributed by atoms with van der Waals surface area (Å²) >= 11 is 0. The lowest BCUT2D eigenvalue weighted by Crippen LogP contribution is -2.32. The molecule has 0 amide bonds. The fourth-order valence-electron chi connectivity index (χ4n) is 1.25. The van der Waals surface area contributed by atoms with Crippen molar-refractivity contribution in [1.82, 2.24) is 4.98 Å². The minimum Gasteiger partial charge on any atom is -0.377 e. The number of ether oxygens (including phenoxy) is 1. The van der Waals surface area contributed by atoms with Crippen LogP contribution < -0.4 is 10.6 Å². The number of pyridine rings is 1. The van der Waals surface area contributed by atoms with E-state index in [0.29, 0.717) is 13.1 Å². The van der Waals surface area contributed by atoms with Crippen molar-refractivity contribution in [3.05, 3.63) is 17.7 Å². The van der Waals surface area contributed by atoms with Gasteiger partial charge in [-0.1, -0.05) is 0 Å². The van der Waals surface area contributed by atoms with Gasteiger partial charge in [-0.15, -0.1) is 0 Å². The molecule has 1 aromatic rings. The summed E-state index contributed by atoms with van der Waals surface area (Å²) < 4.78 is 32.1. The molecule has 1 aromatic heterocycles.